The third-order valence-corrected chi connectivity index (χ3v) is 5.20. The molecule has 1 amide bonds. The number of nitrogens with zero attached hydrogens (tertiary/aromatic N) is 1. The summed E-state index contributed by atoms with van der Waals surface area (Å²) < 4.78 is 11.3. The molecule has 2 aromatic carbocycles. The Morgan fingerprint density at radius 1 is 1.03 bits per heavy atom. The van der Waals surface area contributed by atoms with Crippen molar-refractivity contribution >= 4 is 17.4 Å². The summed E-state index contributed by atoms with van der Waals surface area (Å²) >= 11 is 0. The molecular weight excluding hydrogens is 406 g/mol. The van der Waals surface area contributed by atoms with E-state index in [9.17, 15) is 14.7 Å². The highest BCUT2D eigenvalue weighted by Gasteiger charge is 2.45. The number of ether oxygens (including phenoxy) is 2. The van der Waals surface area contributed by atoms with Crippen LogP contribution in [-0.4, -0.2) is 41.5 Å². The van der Waals surface area contributed by atoms with Crippen molar-refractivity contribution in [1.29, 1.82) is 0 Å². The lowest BCUT2D eigenvalue weighted by Gasteiger charge is -2.25. The summed E-state index contributed by atoms with van der Waals surface area (Å²) in [5, 5.41) is 11.2. The number of benzene rings is 2. The first-order valence-corrected chi connectivity index (χ1v) is 11.1. The van der Waals surface area contributed by atoms with Gasteiger partial charge in [0, 0.05) is 12.1 Å². The Balaban J connectivity index is 2.06. The van der Waals surface area contributed by atoms with E-state index in [1.165, 1.54) is 4.90 Å². The van der Waals surface area contributed by atoms with Crippen molar-refractivity contribution in [2.75, 3.05) is 19.8 Å². The summed E-state index contributed by atoms with van der Waals surface area (Å²) in [7, 11) is 0. The first-order chi connectivity index (χ1) is 15.4. The van der Waals surface area contributed by atoms with Crippen LogP contribution in [0.3, 0.4) is 0 Å². The molecule has 1 unspecified atom stereocenters. The molecule has 1 atom stereocenters. The predicted octanol–water partition coefficient (Wildman–Crippen LogP) is 4.95. The number of rotatable bonds is 9. The van der Waals surface area contributed by atoms with Crippen LogP contribution in [0.25, 0.3) is 5.76 Å². The van der Waals surface area contributed by atoms with Gasteiger partial charge < -0.3 is 19.5 Å². The zero-order chi connectivity index (χ0) is 23.3. The van der Waals surface area contributed by atoms with Crippen LogP contribution in [0.15, 0.2) is 54.1 Å². The number of carbonyl (C=O) groups is 2. The summed E-state index contributed by atoms with van der Waals surface area (Å²) in [6, 6.07) is 13.6. The van der Waals surface area contributed by atoms with Gasteiger partial charge >= 0.3 is 0 Å². The Hall–Kier alpha value is -3.28. The van der Waals surface area contributed by atoms with E-state index in [0.29, 0.717) is 49.2 Å². The molecule has 6 nitrogen and oxygen atoms in total. The van der Waals surface area contributed by atoms with Crippen LogP contribution >= 0.6 is 0 Å². The SMILES string of the molecule is CCCN1C(=O)C(=O)/C(=C(\O)c2cccc(OCC(C)C)c2)C1c1ccc(OCC)cc1. The molecule has 0 spiro atoms. The Morgan fingerprint density at radius 2 is 1.75 bits per heavy atom. The quantitative estimate of drug-likeness (QED) is 0.341. The fourth-order valence-corrected chi connectivity index (χ4v) is 3.76. The Bertz CT molecular complexity index is 994. The first kappa shape index (κ1) is 23.4. The number of Topliss-reactive ketones (excluding diaryl/α,β-unsaturated/α-hetero) is 1. The van der Waals surface area contributed by atoms with Crippen molar-refractivity contribution in [3.05, 3.63) is 65.2 Å². The highest BCUT2D eigenvalue weighted by Crippen LogP contribution is 2.40. The molecule has 0 bridgehead atoms. The van der Waals surface area contributed by atoms with Crippen molar-refractivity contribution in [1.82, 2.24) is 4.90 Å². The third kappa shape index (κ3) is 4.96. The molecule has 1 aliphatic heterocycles. The topological polar surface area (TPSA) is 76.1 Å². The fourth-order valence-electron chi connectivity index (χ4n) is 3.76. The number of amides is 1. The molecule has 32 heavy (non-hydrogen) atoms. The van der Waals surface area contributed by atoms with Crippen LogP contribution < -0.4 is 9.47 Å². The minimum atomic E-state index is -0.677. The molecule has 3 rings (SSSR count). The summed E-state index contributed by atoms with van der Waals surface area (Å²) in [5.41, 5.74) is 1.28. The van der Waals surface area contributed by atoms with E-state index < -0.39 is 17.7 Å². The van der Waals surface area contributed by atoms with Gasteiger partial charge in [0.2, 0.25) is 0 Å². The van der Waals surface area contributed by atoms with E-state index >= 15 is 0 Å². The molecule has 0 saturated carbocycles. The van der Waals surface area contributed by atoms with Crippen LogP contribution in [0.1, 0.15) is 51.3 Å². The summed E-state index contributed by atoms with van der Waals surface area (Å²) in [6.07, 6.45) is 0.694. The van der Waals surface area contributed by atoms with Gasteiger partial charge in [-0.3, -0.25) is 9.59 Å². The second-order valence-electron chi connectivity index (χ2n) is 8.23. The lowest BCUT2D eigenvalue weighted by atomic mass is 9.95. The van der Waals surface area contributed by atoms with Gasteiger partial charge in [-0.05, 0) is 49.1 Å². The molecule has 1 aliphatic rings. The van der Waals surface area contributed by atoms with E-state index in [-0.39, 0.29) is 11.3 Å². The van der Waals surface area contributed by atoms with Crippen LogP contribution in [-0.2, 0) is 9.59 Å². The monoisotopic (exact) mass is 437 g/mol. The van der Waals surface area contributed by atoms with Gasteiger partial charge in [0.1, 0.15) is 17.3 Å². The molecule has 0 aliphatic carbocycles. The van der Waals surface area contributed by atoms with Crippen molar-refractivity contribution in [2.45, 2.75) is 40.2 Å². The number of aliphatic hydroxyl groups excluding tert-OH is 1. The maximum Gasteiger partial charge on any atom is 0.295 e. The van der Waals surface area contributed by atoms with Gasteiger partial charge in [-0.15, -0.1) is 0 Å². The second-order valence-corrected chi connectivity index (χ2v) is 8.23. The minimum Gasteiger partial charge on any atom is -0.507 e. The zero-order valence-corrected chi connectivity index (χ0v) is 19.1. The summed E-state index contributed by atoms with van der Waals surface area (Å²) in [5.74, 6) is 0.187. The predicted molar refractivity (Wildman–Crippen MR) is 124 cm³/mol. The van der Waals surface area contributed by atoms with Crippen LogP contribution in [0.4, 0.5) is 0 Å². The largest absolute Gasteiger partial charge is 0.507 e. The molecule has 0 aromatic heterocycles. The van der Waals surface area contributed by atoms with Gasteiger partial charge in [0.05, 0.1) is 24.8 Å². The third-order valence-electron chi connectivity index (χ3n) is 5.20. The number of aliphatic hydroxyl groups is 1. The normalized spacial score (nSPS) is 17.8. The van der Waals surface area contributed by atoms with Crippen LogP contribution in [0.2, 0.25) is 0 Å². The van der Waals surface area contributed by atoms with Crippen molar-refractivity contribution < 1.29 is 24.2 Å². The van der Waals surface area contributed by atoms with Gasteiger partial charge in [0.25, 0.3) is 11.7 Å². The zero-order valence-electron chi connectivity index (χ0n) is 19.1. The molecule has 1 heterocycles. The van der Waals surface area contributed by atoms with Crippen molar-refractivity contribution in [3.8, 4) is 11.5 Å². The van der Waals surface area contributed by atoms with Gasteiger partial charge in [0.15, 0.2) is 0 Å². The Labute approximate surface area is 189 Å². The molecule has 2 aromatic rings. The number of likely N-dealkylation sites (tertiary alicyclic amines) is 1. The number of hydrogen-bond donors (Lipinski definition) is 1. The van der Waals surface area contributed by atoms with Gasteiger partial charge in [-0.1, -0.05) is 45.0 Å². The minimum absolute atomic E-state index is 0.0913. The highest BCUT2D eigenvalue weighted by atomic mass is 16.5. The molecule has 170 valence electrons. The molecule has 1 fully saturated rings. The molecule has 1 saturated heterocycles. The van der Waals surface area contributed by atoms with Crippen LogP contribution in [0.5, 0.6) is 11.5 Å². The number of carbonyl (C=O) groups excluding carboxylic acids is 2. The van der Waals surface area contributed by atoms with E-state index in [2.05, 4.69) is 13.8 Å². The van der Waals surface area contributed by atoms with Crippen molar-refractivity contribution in [2.24, 2.45) is 5.92 Å². The van der Waals surface area contributed by atoms with E-state index in [4.69, 9.17) is 9.47 Å². The van der Waals surface area contributed by atoms with E-state index in [1.807, 2.05) is 38.1 Å². The molecule has 1 N–H and O–H groups in total. The number of ketones is 1. The average Bonchev–Trinajstić information content (AvgIpc) is 3.03. The lowest BCUT2D eigenvalue weighted by molar-refractivity contribution is -0.139. The fraction of sp³-hybridized carbons (Fsp3) is 0.385. The van der Waals surface area contributed by atoms with Crippen molar-refractivity contribution in [3.63, 3.8) is 0 Å². The van der Waals surface area contributed by atoms with Gasteiger partial charge in [-0.25, -0.2) is 0 Å². The number of hydrogen-bond acceptors (Lipinski definition) is 5. The maximum absolute atomic E-state index is 13.0. The standard InChI is InChI=1S/C26H31NO5/c1-5-14-27-23(18-10-12-20(13-11-18)31-6-2)22(25(29)26(27)30)24(28)19-8-7-9-21(15-19)32-16-17(3)4/h7-13,15,17,23,28H,5-6,14,16H2,1-4H3/b24-22-. The Kier molecular flexibility index (Phi) is 7.57. The molecular formula is C26H31NO5. The van der Waals surface area contributed by atoms with Gasteiger partial charge in [-0.2, -0.15) is 0 Å². The lowest BCUT2D eigenvalue weighted by Crippen LogP contribution is -2.30. The van der Waals surface area contributed by atoms with E-state index in [1.54, 1.807) is 24.3 Å². The second kappa shape index (κ2) is 10.4. The highest BCUT2D eigenvalue weighted by molar-refractivity contribution is 6.46. The summed E-state index contributed by atoms with van der Waals surface area (Å²) in [6.45, 7) is 9.45. The average molecular weight is 438 g/mol. The summed E-state index contributed by atoms with van der Waals surface area (Å²) in [4.78, 5) is 27.3. The smallest absolute Gasteiger partial charge is 0.295 e. The maximum atomic E-state index is 13.0. The van der Waals surface area contributed by atoms with E-state index in [0.717, 1.165) is 5.56 Å². The first-order valence-electron chi connectivity index (χ1n) is 11.1. The Morgan fingerprint density at radius 3 is 2.38 bits per heavy atom. The van der Waals surface area contributed by atoms with Crippen LogP contribution in [0, 0.1) is 5.92 Å². The molecule has 0 radical (unpaired) electrons. The molecule has 6 heteroatoms.